The van der Waals surface area contributed by atoms with Crippen LogP contribution >= 0.6 is 0 Å². The van der Waals surface area contributed by atoms with E-state index in [-0.39, 0.29) is 0 Å². The quantitative estimate of drug-likeness (QED) is 0.695. The fourth-order valence-corrected chi connectivity index (χ4v) is 1.28. The molecule has 0 bridgehead atoms. The summed E-state index contributed by atoms with van der Waals surface area (Å²) >= 11 is 0. The predicted molar refractivity (Wildman–Crippen MR) is 57.2 cm³/mol. The first-order valence-corrected chi connectivity index (χ1v) is 5.13. The predicted octanol–water partition coefficient (Wildman–Crippen LogP) is 0.648. The zero-order valence-electron chi connectivity index (χ0n) is 9.32. The van der Waals surface area contributed by atoms with E-state index in [1.165, 1.54) is 0 Å². The maximum absolute atomic E-state index is 5.45. The molecule has 1 rings (SSSR count). The Morgan fingerprint density at radius 3 is 3.13 bits per heavy atom. The third-order valence-corrected chi connectivity index (χ3v) is 2.13. The van der Waals surface area contributed by atoms with Crippen molar-refractivity contribution in [3.8, 4) is 0 Å². The van der Waals surface area contributed by atoms with Crippen molar-refractivity contribution in [1.82, 2.24) is 10.5 Å². The molecule has 0 aliphatic rings. The zero-order valence-corrected chi connectivity index (χ0v) is 9.32. The first-order valence-electron chi connectivity index (χ1n) is 5.13. The van der Waals surface area contributed by atoms with Gasteiger partial charge in [-0.3, -0.25) is 0 Å². The van der Waals surface area contributed by atoms with Crippen LogP contribution in [0.1, 0.15) is 24.8 Å². The molecule has 15 heavy (non-hydrogen) atoms. The topological polar surface area (TPSA) is 73.3 Å². The molecule has 1 aromatic heterocycles. The highest BCUT2D eigenvalue weighted by atomic mass is 16.5. The molecule has 0 spiro atoms. The SMILES string of the molecule is COCc1cc(CNC(C)CCN)no1. The van der Waals surface area contributed by atoms with Gasteiger partial charge < -0.3 is 20.3 Å². The fourth-order valence-electron chi connectivity index (χ4n) is 1.28. The van der Waals surface area contributed by atoms with Gasteiger partial charge in [0.15, 0.2) is 5.76 Å². The van der Waals surface area contributed by atoms with E-state index in [0.717, 1.165) is 17.9 Å². The van der Waals surface area contributed by atoms with Gasteiger partial charge in [0, 0.05) is 25.8 Å². The van der Waals surface area contributed by atoms with Crippen molar-refractivity contribution < 1.29 is 9.26 Å². The van der Waals surface area contributed by atoms with Gasteiger partial charge in [0.2, 0.25) is 0 Å². The van der Waals surface area contributed by atoms with E-state index in [9.17, 15) is 0 Å². The number of methoxy groups -OCH3 is 1. The number of hydrogen-bond donors (Lipinski definition) is 2. The summed E-state index contributed by atoms with van der Waals surface area (Å²) in [5.74, 6) is 0.751. The summed E-state index contributed by atoms with van der Waals surface area (Å²) in [6, 6.07) is 2.30. The molecule has 86 valence electrons. The molecule has 1 atom stereocenters. The number of rotatable bonds is 7. The second-order valence-electron chi connectivity index (χ2n) is 3.58. The van der Waals surface area contributed by atoms with Crippen molar-refractivity contribution in [1.29, 1.82) is 0 Å². The average molecular weight is 213 g/mol. The van der Waals surface area contributed by atoms with Crippen molar-refractivity contribution in [3.63, 3.8) is 0 Å². The second-order valence-corrected chi connectivity index (χ2v) is 3.58. The minimum absolute atomic E-state index is 0.401. The van der Waals surface area contributed by atoms with E-state index in [2.05, 4.69) is 17.4 Å². The first kappa shape index (κ1) is 12.2. The lowest BCUT2D eigenvalue weighted by molar-refractivity contribution is 0.155. The Labute approximate surface area is 90.0 Å². The fraction of sp³-hybridized carbons (Fsp3) is 0.700. The molecule has 1 unspecified atom stereocenters. The molecule has 3 N–H and O–H groups in total. The summed E-state index contributed by atoms with van der Waals surface area (Å²) < 4.78 is 9.99. The molecule has 0 fully saturated rings. The van der Waals surface area contributed by atoms with Crippen molar-refractivity contribution in [3.05, 3.63) is 17.5 Å². The van der Waals surface area contributed by atoms with Crippen LogP contribution in [-0.4, -0.2) is 24.9 Å². The summed E-state index contributed by atoms with van der Waals surface area (Å²) in [7, 11) is 1.63. The maximum Gasteiger partial charge on any atom is 0.162 e. The summed E-state index contributed by atoms with van der Waals surface area (Å²) in [6.07, 6.45) is 0.961. The standard InChI is InChI=1S/C10H19N3O2/c1-8(3-4-11)12-6-9-5-10(7-14-2)15-13-9/h5,8,12H,3-4,6-7,11H2,1-2H3. The molecular formula is C10H19N3O2. The lowest BCUT2D eigenvalue weighted by atomic mass is 10.2. The van der Waals surface area contributed by atoms with Crippen LogP contribution in [-0.2, 0) is 17.9 Å². The van der Waals surface area contributed by atoms with Gasteiger partial charge in [0.05, 0.1) is 5.69 Å². The Hall–Kier alpha value is -0.910. The maximum atomic E-state index is 5.45. The first-order chi connectivity index (χ1) is 7.26. The normalized spacial score (nSPS) is 13.0. The molecule has 0 saturated heterocycles. The van der Waals surface area contributed by atoms with E-state index in [4.69, 9.17) is 15.0 Å². The van der Waals surface area contributed by atoms with Gasteiger partial charge in [-0.2, -0.15) is 0 Å². The van der Waals surface area contributed by atoms with E-state index in [1.807, 2.05) is 6.07 Å². The molecule has 5 nitrogen and oxygen atoms in total. The van der Waals surface area contributed by atoms with Crippen LogP contribution in [0.5, 0.6) is 0 Å². The molecule has 0 saturated carbocycles. The van der Waals surface area contributed by atoms with Crippen LogP contribution in [0.15, 0.2) is 10.6 Å². The van der Waals surface area contributed by atoms with E-state index < -0.39 is 0 Å². The van der Waals surface area contributed by atoms with Crippen LogP contribution in [0.3, 0.4) is 0 Å². The molecular weight excluding hydrogens is 194 g/mol. The van der Waals surface area contributed by atoms with Gasteiger partial charge in [0.25, 0.3) is 0 Å². The van der Waals surface area contributed by atoms with Crippen LogP contribution in [0.2, 0.25) is 0 Å². The summed E-state index contributed by atoms with van der Waals surface area (Å²) in [5, 5.41) is 7.23. The minimum atomic E-state index is 0.401. The van der Waals surface area contributed by atoms with Gasteiger partial charge in [-0.1, -0.05) is 5.16 Å². The van der Waals surface area contributed by atoms with Gasteiger partial charge in [-0.15, -0.1) is 0 Å². The number of nitrogens with two attached hydrogens (primary N) is 1. The molecule has 1 heterocycles. The third kappa shape index (κ3) is 4.42. The Bertz CT molecular complexity index is 275. The van der Waals surface area contributed by atoms with Gasteiger partial charge in [-0.05, 0) is 19.9 Å². The smallest absolute Gasteiger partial charge is 0.162 e. The molecule has 0 amide bonds. The summed E-state index contributed by atoms with van der Waals surface area (Å²) in [5.41, 5.74) is 6.35. The Balaban J connectivity index is 2.30. The number of ether oxygens (including phenoxy) is 1. The van der Waals surface area contributed by atoms with Crippen molar-refractivity contribution in [2.75, 3.05) is 13.7 Å². The Kier molecular flexibility index (Phi) is 5.31. The van der Waals surface area contributed by atoms with Crippen LogP contribution in [0.4, 0.5) is 0 Å². The molecule has 0 aliphatic heterocycles. The highest BCUT2D eigenvalue weighted by Crippen LogP contribution is 2.04. The highest BCUT2D eigenvalue weighted by Gasteiger charge is 2.05. The number of aromatic nitrogens is 1. The summed E-state index contributed by atoms with van der Waals surface area (Å²) in [4.78, 5) is 0. The zero-order chi connectivity index (χ0) is 11.1. The number of nitrogens with zero attached hydrogens (tertiary/aromatic N) is 1. The molecule has 5 heteroatoms. The van der Waals surface area contributed by atoms with Crippen LogP contribution < -0.4 is 11.1 Å². The molecule has 0 radical (unpaired) electrons. The van der Waals surface area contributed by atoms with Gasteiger partial charge in [0.1, 0.15) is 6.61 Å². The molecule has 1 aromatic rings. The van der Waals surface area contributed by atoms with Crippen LogP contribution in [0, 0.1) is 0 Å². The van der Waals surface area contributed by atoms with E-state index >= 15 is 0 Å². The van der Waals surface area contributed by atoms with E-state index in [0.29, 0.717) is 25.7 Å². The second kappa shape index (κ2) is 6.55. The van der Waals surface area contributed by atoms with Crippen LogP contribution in [0.25, 0.3) is 0 Å². The largest absolute Gasteiger partial charge is 0.377 e. The van der Waals surface area contributed by atoms with Gasteiger partial charge >= 0.3 is 0 Å². The minimum Gasteiger partial charge on any atom is -0.377 e. The number of hydrogen-bond acceptors (Lipinski definition) is 5. The van der Waals surface area contributed by atoms with E-state index in [1.54, 1.807) is 7.11 Å². The summed E-state index contributed by atoms with van der Waals surface area (Å²) in [6.45, 7) is 3.96. The van der Waals surface area contributed by atoms with Crippen molar-refractivity contribution in [2.24, 2.45) is 5.73 Å². The van der Waals surface area contributed by atoms with Gasteiger partial charge in [-0.25, -0.2) is 0 Å². The van der Waals surface area contributed by atoms with Crippen molar-refractivity contribution >= 4 is 0 Å². The average Bonchev–Trinajstić information content (AvgIpc) is 2.64. The number of nitrogens with one attached hydrogen (secondary N) is 1. The highest BCUT2D eigenvalue weighted by molar-refractivity contribution is 5.04. The third-order valence-electron chi connectivity index (χ3n) is 2.13. The van der Waals surface area contributed by atoms with Crippen molar-refractivity contribution in [2.45, 2.75) is 32.5 Å². The Morgan fingerprint density at radius 2 is 2.47 bits per heavy atom. The lowest BCUT2D eigenvalue weighted by Gasteiger charge is -2.10. The lowest BCUT2D eigenvalue weighted by Crippen LogP contribution is -2.27. The monoisotopic (exact) mass is 213 g/mol. The molecule has 0 aliphatic carbocycles. The Morgan fingerprint density at radius 1 is 1.67 bits per heavy atom. The molecule has 0 aromatic carbocycles.